The molecule has 2 aliphatic rings. The number of nitrogens with zero attached hydrogens (tertiary/aromatic N) is 1. The lowest BCUT2D eigenvalue weighted by Gasteiger charge is -2.46. The zero-order valence-corrected chi connectivity index (χ0v) is 18.9. The largest absolute Gasteiger partial charge is 0.486 e. The first-order chi connectivity index (χ1) is 16.0. The number of fused-ring (bicyclic) bond motifs is 4. The van der Waals surface area contributed by atoms with E-state index in [0.29, 0.717) is 13.0 Å². The van der Waals surface area contributed by atoms with Crippen molar-refractivity contribution in [3.8, 4) is 5.75 Å². The Labute approximate surface area is 193 Å². The van der Waals surface area contributed by atoms with Crippen molar-refractivity contribution in [2.24, 2.45) is 0 Å². The van der Waals surface area contributed by atoms with Crippen molar-refractivity contribution in [1.82, 2.24) is 9.88 Å². The summed E-state index contributed by atoms with van der Waals surface area (Å²) in [6, 6.07) is 20.4. The van der Waals surface area contributed by atoms with Crippen LogP contribution in [-0.4, -0.2) is 45.3 Å². The number of H-pyrrole nitrogens is 1. The molecule has 3 N–H and O–H groups in total. The fourth-order valence-electron chi connectivity index (χ4n) is 5.87. The van der Waals surface area contributed by atoms with Crippen molar-refractivity contribution < 1.29 is 14.9 Å². The number of aromatic nitrogens is 1. The predicted molar refractivity (Wildman–Crippen MR) is 131 cm³/mol. The molecule has 0 unspecified atom stereocenters. The molecule has 1 saturated heterocycles. The average Bonchev–Trinajstić information content (AvgIpc) is 3.16. The number of hydrogen-bond donors (Lipinski definition) is 3. The monoisotopic (exact) mass is 442 g/mol. The smallest absolute Gasteiger partial charge is 0.133 e. The first-order valence-corrected chi connectivity index (χ1v) is 11.9. The first kappa shape index (κ1) is 20.7. The molecule has 170 valence electrons. The maximum Gasteiger partial charge on any atom is 0.133 e. The molecule has 1 fully saturated rings. The van der Waals surface area contributed by atoms with Gasteiger partial charge in [-0.2, -0.15) is 0 Å². The Morgan fingerprint density at radius 1 is 1.03 bits per heavy atom. The second-order valence-corrected chi connectivity index (χ2v) is 9.74. The molecular weight excluding hydrogens is 412 g/mol. The van der Waals surface area contributed by atoms with Gasteiger partial charge in [-0.15, -0.1) is 0 Å². The quantitative estimate of drug-likeness (QED) is 0.417. The van der Waals surface area contributed by atoms with Crippen molar-refractivity contribution in [2.45, 2.75) is 44.0 Å². The lowest BCUT2D eigenvalue weighted by molar-refractivity contribution is -0.0576. The highest BCUT2D eigenvalue weighted by molar-refractivity contribution is 5.90. The van der Waals surface area contributed by atoms with Crippen LogP contribution in [0.4, 0.5) is 0 Å². The molecule has 6 rings (SSSR count). The van der Waals surface area contributed by atoms with E-state index in [1.165, 1.54) is 0 Å². The van der Waals surface area contributed by atoms with Crippen LogP contribution in [0.3, 0.4) is 0 Å². The van der Waals surface area contributed by atoms with E-state index in [9.17, 15) is 10.2 Å². The van der Waals surface area contributed by atoms with Crippen molar-refractivity contribution in [2.75, 3.05) is 19.6 Å². The Kier molecular flexibility index (Phi) is 4.94. The number of nitrogens with one attached hydrogen (secondary N) is 1. The van der Waals surface area contributed by atoms with Gasteiger partial charge in [0.15, 0.2) is 0 Å². The third kappa shape index (κ3) is 3.52. The van der Waals surface area contributed by atoms with Crippen molar-refractivity contribution >= 4 is 21.7 Å². The van der Waals surface area contributed by atoms with Crippen LogP contribution in [0, 0.1) is 6.92 Å². The summed E-state index contributed by atoms with van der Waals surface area (Å²) >= 11 is 0. The summed E-state index contributed by atoms with van der Waals surface area (Å²) in [6.45, 7) is 4.31. The third-order valence-corrected chi connectivity index (χ3v) is 7.63. The van der Waals surface area contributed by atoms with Crippen molar-refractivity contribution in [1.29, 1.82) is 0 Å². The van der Waals surface area contributed by atoms with Gasteiger partial charge >= 0.3 is 0 Å². The van der Waals surface area contributed by atoms with Crippen LogP contribution >= 0.6 is 0 Å². The normalized spacial score (nSPS) is 21.2. The summed E-state index contributed by atoms with van der Waals surface area (Å²) in [5, 5.41) is 25.4. The lowest BCUT2D eigenvalue weighted by Crippen LogP contribution is -2.51. The molecule has 0 saturated carbocycles. The van der Waals surface area contributed by atoms with E-state index in [1.807, 2.05) is 37.3 Å². The van der Waals surface area contributed by atoms with Gasteiger partial charge in [0.1, 0.15) is 11.4 Å². The summed E-state index contributed by atoms with van der Waals surface area (Å²) < 4.78 is 6.69. The summed E-state index contributed by atoms with van der Waals surface area (Å²) in [6.07, 6.45) is 1.25. The van der Waals surface area contributed by atoms with E-state index in [2.05, 4.69) is 40.2 Å². The average molecular weight is 443 g/mol. The van der Waals surface area contributed by atoms with Crippen molar-refractivity contribution in [3.05, 3.63) is 77.5 Å². The summed E-state index contributed by atoms with van der Waals surface area (Å²) in [7, 11) is 0. The molecular formula is C28H30N2O3. The number of aryl methyl sites for hydroxylation is 1. The standard InChI is InChI=1S/C28H30N2O3/c1-18-26(21-8-4-5-9-23(21)29-18)25(32)17-30-14-12-28(13-15-30)16-24(31)22-11-10-19-6-2-3-7-20(19)27(22)33-28/h2-11,24-25,29,31-32H,12-17H2,1H3/t24-,25-/m0/s1. The molecule has 1 spiro atoms. The highest BCUT2D eigenvalue weighted by atomic mass is 16.5. The fourth-order valence-corrected chi connectivity index (χ4v) is 5.87. The SMILES string of the molecule is Cc1[nH]c2ccccc2c1[C@@H](O)CN1CCC2(CC1)C[C@H](O)c1ccc3ccccc3c1O2. The molecule has 0 aliphatic carbocycles. The molecule has 0 bridgehead atoms. The summed E-state index contributed by atoms with van der Waals surface area (Å²) in [5.74, 6) is 0.842. The van der Waals surface area contributed by atoms with Crippen LogP contribution in [0.15, 0.2) is 60.7 Å². The Morgan fingerprint density at radius 2 is 1.76 bits per heavy atom. The minimum Gasteiger partial charge on any atom is -0.486 e. The second kappa shape index (κ2) is 7.87. The Hall–Kier alpha value is -2.86. The van der Waals surface area contributed by atoms with Crippen LogP contribution in [0.1, 0.15) is 48.3 Å². The van der Waals surface area contributed by atoms with Crippen LogP contribution in [0.5, 0.6) is 5.75 Å². The van der Waals surface area contributed by atoms with Gasteiger partial charge in [0.25, 0.3) is 0 Å². The number of para-hydroxylation sites is 1. The van der Waals surface area contributed by atoms with Gasteiger partial charge in [-0.3, -0.25) is 0 Å². The van der Waals surface area contributed by atoms with E-state index in [-0.39, 0.29) is 5.60 Å². The molecule has 4 aromatic rings. The van der Waals surface area contributed by atoms with E-state index in [0.717, 1.165) is 70.2 Å². The van der Waals surface area contributed by atoms with Crippen LogP contribution in [0.25, 0.3) is 21.7 Å². The zero-order valence-electron chi connectivity index (χ0n) is 18.9. The molecule has 3 aromatic carbocycles. The highest BCUT2D eigenvalue weighted by Crippen LogP contribution is 2.47. The topological polar surface area (TPSA) is 68.7 Å². The zero-order chi connectivity index (χ0) is 22.6. The number of ether oxygens (including phenoxy) is 1. The minimum atomic E-state index is -0.544. The van der Waals surface area contributed by atoms with Gasteiger partial charge in [-0.05, 0) is 31.2 Å². The molecule has 5 nitrogen and oxygen atoms in total. The van der Waals surface area contributed by atoms with E-state index in [4.69, 9.17) is 4.74 Å². The number of β-amino-alcohol motifs (C(OH)–C–C–N with tert-alkyl or cyclic N) is 1. The molecule has 1 aromatic heterocycles. The van der Waals surface area contributed by atoms with E-state index in [1.54, 1.807) is 0 Å². The molecule has 3 heterocycles. The van der Waals surface area contributed by atoms with Gasteiger partial charge in [-0.1, -0.05) is 54.6 Å². The van der Waals surface area contributed by atoms with Gasteiger partial charge < -0.3 is 24.8 Å². The number of aliphatic hydroxyl groups excluding tert-OH is 2. The Bertz CT molecular complexity index is 1320. The Morgan fingerprint density at radius 3 is 2.58 bits per heavy atom. The number of benzene rings is 3. The molecule has 2 aliphatic heterocycles. The van der Waals surface area contributed by atoms with E-state index < -0.39 is 12.2 Å². The molecule has 5 heteroatoms. The van der Waals surface area contributed by atoms with Gasteiger partial charge in [0.2, 0.25) is 0 Å². The second-order valence-electron chi connectivity index (χ2n) is 9.74. The number of hydrogen-bond acceptors (Lipinski definition) is 4. The Balaban J connectivity index is 1.19. The predicted octanol–water partition coefficient (Wildman–Crippen LogP) is 5.01. The molecule has 0 radical (unpaired) electrons. The van der Waals surface area contributed by atoms with Crippen LogP contribution < -0.4 is 4.74 Å². The number of aliphatic hydroxyl groups is 2. The summed E-state index contributed by atoms with van der Waals surface area (Å²) in [5.41, 5.74) is 3.63. The highest BCUT2D eigenvalue weighted by Gasteiger charge is 2.43. The van der Waals surface area contributed by atoms with E-state index >= 15 is 0 Å². The maximum atomic E-state index is 11.1. The molecule has 2 atom stereocenters. The van der Waals surface area contributed by atoms with Gasteiger partial charge in [0, 0.05) is 59.2 Å². The van der Waals surface area contributed by atoms with Crippen molar-refractivity contribution in [3.63, 3.8) is 0 Å². The number of rotatable bonds is 3. The minimum absolute atomic E-state index is 0.352. The first-order valence-electron chi connectivity index (χ1n) is 11.9. The molecule has 0 amide bonds. The number of likely N-dealkylation sites (tertiary alicyclic amines) is 1. The lowest BCUT2D eigenvalue weighted by atomic mass is 9.81. The van der Waals surface area contributed by atoms with Gasteiger partial charge in [-0.25, -0.2) is 0 Å². The third-order valence-electron chi connectivity index (χ3n) is 7.63. The van der Waals surface area contributed by atoms with Crippen LogP contribution in [0.2, 0.25) is 0 Å². The number of piperidine rings is 1. The maximum absolute atomic E-state index is 11.1. The fraction of sp³-hybridized carbons (Fsp3) is 0.357. The molecule has 33 heavy (non-hydrogen) atoms. The van der Waals surface area contributed by atoms with Gasteiger partial charge in [0.05, 0.1) is 12.2 Å². The summed E-state index contributed by atoms with van der Waals surface area (Å²) in [4.78, 5) is 5.72. The number of aromatic amines is 1. The van der Waals surface area contributed by atoms with Crippen LogP contribution in [-0.2, 0) is 0 Å².